The Hall–Kier alpha value is -2.19. The Balaban J connectivity index is 2.90. The molecule has 0 aliphatic carbocycles. The summed E-state index contributed by atoms with van der Waals surface area (Å²) in [5.74, 6) is 5.80. The quantitative estimate of drug-likeness (QED) is 0.475. The van der Waals surface area contributed by atoms with Crippen LogP contribution in [0.25, 0.3) is 0 Å². The number of carbonyl (C=O) groups is 2. The van der Waals surface area contributed by atoms with Gasteiger partial charge in [-0.15, -0.1) is 11.8 Å². The highest BCUT2D eigenvalue weighted by atomic mass is 35.5. The van der Waals surface area contributed by atoms with E-state index in [-0.39, 0.29) is 12.3 Å². The number of nitrogens with one attached hydrogen (secondary N) is 1. The normalized spacial score (nSPS) is 12.0. The molecule has 1 N–H and O–H groups in total. The van der Waals surface area contributed by atoms with E-state index in [1.54, 1.807) is 45.9 Å². The molecule has 1 aromatic rings. The van der Waals surface area contributed by atoms with Crippen molar-refractivity contribution in [2.24, 2.45) is 5.92 Å². The fourth-order valence-electron chi connectivity index (χ4n) is 1.92. The van der Waals surface area contributed by atoms with Crippen LogP contribution >= 0.6 is 11.6 Å². The summed E-state index contributed by atoms with van der Waals surface area (Å²) in [7, 11) is 0. The van der Waals surface area contributed by atoms with Crippen LogP contribution in [-0.2, 0) is 9.53 Å². The van der Waals surface area contributed by atoms with Crippen molar-refractivity contribution < 1.29 is 19.1 Å². The van der Waals surface area contributed by atoms with Gasteiger partial charge < -0.3 is 14.8 Å². The SMILES string of the molecule is Cc1cc(Cl)ccc1OC(=O)[C@H](CC#CC(C)C)NC(=O)OC(C)(C)C. The monoisotopic (exact) mass is 379 g/mol. The number of alkyl carbamates (subject to hydrolysis) is 1. The Morgan fingerprint density at radius 2 is 1.92 bits per heavy atom. The van der Waals surface area contributed by atoms with Crippen molar-refractivity contribution >= 4 is 23.7 Å². The molecule has 0 saturated carbocycles. The van der Waals surface area contributed by atoms with Crippen molar-refractivity contribution in [1.82, 2.24) is 5.32 Å². The van der Waals surface area contributed by atoms with E-state index < -0.39 is 23.7 Å². The Morgan fingerprint density at radius 1 is 1.27 bits per heavy atom. The number of esters is 1. The predicted octanol–water partition coefficient (Wildman–Crippen LogP) is 4.50. The zero-order valence-electron chi connectivity index (χ0n) is 16.1. The number of rotatable bonds is 4. The van der Waals surface area contributed by atoms with Crippen LogP contribution in [0.3, 0.4) is 0 Å². The highest BCUT2D eigenvalue weighted by molar-refractivity contribution is 6.30. The Bertz CT molecular complexity index is 711. The molecule has 26 heavy (non-hydrogen) atoms. The average Bonchev–Trinajstić information content (AvgIpc) is 2.46. The second-order valence-corrected chi connectivity index (χ2v) is 7.65. The standard InChI is InChI=1S/C20H26ClNO4/c1-13(2)8-7-9-16(22-19(24)26-20(4,5)6)18(23)25-17-11-10-15(21)12-14(17)3/h10-13,16H,9H2,1-6H3,(H,22,24)/t16-/m0/s1. The van der Waals surface area contributed by atoms with Crippen LogP contribution in [0, 0.1) is 24.7 Å². The lowest BCUT2D eigenvalue weighted by Crippen LogP contribution is -2.45. The Kier molecular flexibility index (Phi) is 7.98. The lowest BCUT2D eigenvalue weighted by molar-refractivity contribution is -0.136. The van der Waals surface area contributed by atoms with E-state index >= 15 is 0 Å². The highest BCUT2D eigenvalue weighted by Crippen LogP contribution is 2.22. The Morgan fingerprint density at radius 3 is 2.46 bits per heavy atom. The summed E-state index contributed by atoms with van der Waals surface area (Å²) in [5, 5.41) is 3.08. The molecule has 0 radical (unpaired) electrons. The lowest BCUT2D eigenvalue weighted by atomic mass is 10.1. The maximum atomic E-state index is 12.5. The molecular weight excluding hydrogens is 354 g/mol. The third kappa shape index (κ3) is 8.26. The van der Waals surface area contributed by atoms with Gasteiger partial charge >= 0.3 is 12.1 Å². The number of amides is 1. The van der Waals surface area contributed by atoms with Crippen molar-refractivity contribution in [3.63, 3.8) is 0 Å². The molecule has 0 spiro atoms. The van der Waals surface area contributed by atoms with E-state index in [1.807, 2.05) is 13.8 Å². The molecule has 0 aliphatic heterocycles. The molecule has 6 heteroatoms. The molecule has 1 rings (SSSR count). The second-order valence-electron chi connectivity index (χ2n) is 7.21. The van der Waals surface area contributed by atoms with Crippen molar-refractivity contribution in [3.8, 4) is 17.6 Å². The molecule has 1 atom stereocenters. The van der Waals surface area contributed by atoms with Crippen LogP contribution < -0.4 is 10.1 Å². The molecule has 142 valence electrons. The molecule has 0 saturated heterocycles. The van der Waals surface area contributed by atoms with Gasteiger partial charge in [-0.2, -0.15) is 0 Å². The van der Waals surface area contributed by atoms with Gasteiger partial charge in [0.1, 0.15) is 17.4 Å². The summed E-state index contributed by atoms with van der Waals surface area (Å²) in [6.07, 6.45) is -0.568. The summed E-state index contributed by atoms with van der Waals surface area (Å²) in [6, 6.07) is 4.00. The van der Waals surface area contributed by atoms with Crippen molar-refractivity contribution in [2.45, 2.75) is 59.6 Å². The first kappa shape index (κ1) is 21.9. The number of halogens is 1. The van der Waals surface area contributed by atoms with Gasteiger partial charge in [0, 0.05) is 17.4 Å². The van der Waals surface area contributed by atoms with Gasteiger partial charge in [0.05, 0.1) is 0 Å². The zero-order chi connectivity index (χ0) is 19.9. The van der Waals surface area contributed by atoms with Gasteiger partial charge in [-0.05, 0) is 51.5 Å². The fraction of sp³-hybridized carbons (Fsp3) is 0.500. The summed E-state index contributed by atoms with van der Waals surface area (Å²) in [5.41, 5.74) is 0.0460. The average molecular weight is 380 g/mol. The summed E-state index contributed by atoms with van der Waals surface area (Å²) < 4.78 is 10.6. The van der Waals surface area contributed by atoms with Gasteiger partial charge in [0.25, 0.3) is 0 Å². The Labute approximate surface area is 160 Å². The topological polar surface area (TPSA) is 64.6 Å². The number of benzene rings is 1. The van der Waals surface area contributed by atoms with Gasteiger partial charge in [-0.1, -0.05) is 25.4 Å². The minimum atomic E-state index is -0.939. The van der Waals surface area contributed by atoms with Gasteiger partial charge in [0.15, 0.2) is 0 Å². The van der Waals surface area contributed by atoms with Gasteiger partial charge in [0.2, 0.25) is 0 Å². The minimum absolute atomic E-state index is 0.128. The first-order chi connectivity index (χ1) is 12.0. The molecular formula is C20H26ClNO4. The molecule has 0 aromatic heterocycles. The smallest absolute Gasteiger partial charge is 0.408 e. The number of ether oxygens (including phenoxy) is 2. The zero-order valence-corrected chi connectivity index (χ0v) is 16.9. The molecule has 1 aromatic carbocycles. The number of aryl methyl sites for hydroxylation is 1. The summed E-state index contributed by atoms with van der Waals surface area (Å²) in [4.78, 5) is 24.6. The maximum Gasteiger partial charge on any atom is 0.408 e. The number of hydrogen-bond donors (Lipinski definition) is 1. The third-order valence-electron chi connectivity index (χ3n) is 3.02. The molecule has 0 aliphatic rings. The third-order valence-corrected chi connectivity index (χ3v) is 3.26. The molecule has 0 heterocycles. The molecule has 1 amide bonds. The van der Waals surface area contributed by atoms with Crippen LogP contribution in [0.5, 0.6) is 5.75 Å². The largest absolute Gasteiger partial charge is 0.444 e. The fourth-order valence-corrected chi connectivity index (χ4v) is 2.14. The summed E-state index contributed by atoms with van der Waals surface area (Å²) >= 11 is 5.91. The van der Waals surface area contributed by atoms with Crippen molar-refractivity contribution in [2.75, 3.05) is 0 Å². The first-order valence-corrected chi connectivity index (χ1v) is 8.81. The van der Waals surface area contributed by atoms with Crippen LogP contribution in [0.1, 0.15) is 46.6 Å². The molecule has 0 bridgehead atoms. The molecule has 5 nitrogen and oxygen atoms in total. The lowest BCUT2D eigenvalue weighted by Gasteiger charge is -2.22. The highest BCUT2D eigenvalue weighted by Gasteiger charge is 2.25. The van der Waals surface area contributed by atoms with E-state index in [4.69, 9.17) is 21.1 Å². The van der Waals surface area contributed by atoms with Crippen molar-refractivity contribution in [3.05, 3.63) is 28.8 Å². The molecule has 0 unspecified atom stereocenters. The minimum Gasteiger partial charge on any atom is -0.444 e. The predicted molar refractivity (Wildman–Crippen MR) is 102 cm³/mol. The van der Waals surface area contributed by atoms with Gasteiger partial charge in [-0.3, -0.25) is 0 Å². The van der Waals surface area contributed by atoms with E-state index in [2.05, 4.69) is 17.2 Å². The van der Waals surface area contributed by atoms with Crippen LogP contribution in [0.4, 0.5) is 4.79 Å². The van der Waals surface area contributed by atoms with Crippen LogP contribution in [0.2, 0.25) is 5.02 Å². The van der Waals surface area contributed by atoms with Crippen LogP contribution in [-0.4, -0.2) is 23.7 Å². The van der Waals surface area contributed by atoms with E-state index in [9.17, 15) is 9.59 Å². The van der Waals surface area contributed by atoms with E-state index in [1.165, 1.54) is 0 Å². The number of carbonyl (C=O) groups excluding carboxylic acids is 2. The van der Waals surface area contributed by atoms with E-state index in [0.717, 1.165) is 5.56 Å². The van der Waals surface area contributed by atoms with Gasteiger partial charge in [-0.25, -0.2) is 9.59 Å². The molecule has 0 fully saturated rings. The maximum absolute atomic E-state index is 12.5. The second kappa shape index (κ2) is 9.49. The number of hydrogen-bond acceptors (Lipinski definition) is 4. The van der Waals surface area contributed by atoms with Crippen molar-refractivity contribution in [1.29, 1.82) is 0 Å². The summed E-state index contributed by atoms with van der Waals surface area (Å²) in [6.45, 7) is 10.9. The van der Waals surface area contributed by atoms with Crippen LogP contribution in [0.15, 0.2) is 18.2 Å². The first-order valence-electron chi connectivity index (χ1n) is 8.43. The van der Waals surface area contributed by atoms with E-state index in [0.29, 0.717) is 10.8 Å².